The Morgan fingerprint density at radius 2 is 1.69 bits per heavy atom. The minimum atomic E-state index is -4.77. The van der Waals surface area contributed by atoms with Gasteiger partial charge in [0.05, 0.1) is 0 Å². The molecule has 1 amide bonds. The second-order valence-corrected chi connectivity index (χ2v) is 6.91. The molecule has 0 spiro atoms. The van der Waals surface area contributed by atoms with Gasteiger partial charge in [0.2, 0.25) is 0 Å². The van der Waals surface area contributed by atoms with Gasteiger partial charge < -0.3 is 18.9 Å². The van der Waals surface area contributed by atoms with Gasteiger partial charge in [-0.1, -0.05) is 0 Å². The molecule has 1 saturated heterocycles. The number of rotatable bonds is 4. The first-order valence-electron chi connectivity index (χ1n) is 9.12. The van der Waals surface area contributed by atoms with Crippen molar-refractivity contribution in [3.8, 4) is 11.5 Å². The van der Waals surface area contributed by atoms with Gasteiger partial charge in [0.15, 0.2) is 0 Å². The van der Waals surface area contributed by atoms with Gasteiger partial charge in [-0.05, 0) is 37.3 Å². The van der Waals surface area contributed by atoms with Gasteiger partial charge in [-0.3, -0.25) is 9.59 Å². The van der Waals surface area contributed by atoms with E-state index < -0.39 is 6.36 Å². The molecule has 2 aromatic rings. The number of halogens is 3. The summed E-state index contributed by atoms with van der Waals surface area (Å²) in [6.07, 6.45) is -3.70. The Kier molecular flexibility index (Phi) is 5.86. The summed E-state index contributed by atoms with van der Waals surface area (Å²) < 4.78 is 47.9. The second kappa shape index (κ2) is 8.18. The van der Waals surface area contributed by atoms with Crippen LogP contribution in [-0.2, 0) is 7.05 Å². The number of aromatic nitrogens is 1. The number of aryl methyl sites for hydroxylation is 1. The number of nitrogens with zero attached hydrogens (tertiary/aromatic N) is 2. The molecule has 0 N–H and O–H groups in total. The van der Waals surface area contributed by atoms with E-state index in [0.29, 0.717) is 37.2 Å². The summed E-state index contributed by atoms with van der Waals surface area (Å²) in [7, 11) is 1.69. The number of hydrogen-bond acceptors (Lipinski definition) is 4. The van der Waals surface area contributed by atoms with Gasteiger partial charge in [0.25, 0.3) is 11.5 Å². The lowest BCUT2D eigenvalue weighted by molar-refractivity contribution is -0.274. The molecule has 0 unspecified atom stereocenters. The first-order chi connectivity index (χ1) is 13.6. The number of carbonyl (C=O) groups excluding carboxylic acids is 1. The van der Waals surface area contributed by atoms with Crippen LogP contribution in [-0.4, -0.2) is 40.9 Å². The molecule has 0 radical (unpaired) electrons. The third-order valence-electron chi connectivity index (χ3n) is 4.84. The normalized spacial score (nSPS) is 15.3. The number of amides is 1. The number of piperidine rings is 1. The fraction of sp³-hybridized carbons (Fsp3) is 0.400. The number of alkyl halides is 3. The number of carbonyl (C=O) groups is 1. The van der Waals surface area contributed by atoms with Crippen LogP contribution in [0.3, 0.4) is 0 Å². The Balaban J connectivity index is 1.56. The highest BCUT2D eigenvalue weighted by molar-refractivity contribution is 5.94. The molecule has 9 heteroatoms. The lowest BCUT2D eigenvalue weighted by Crippen LogP contribution is -2.41. The van der Waals surface area contributed by atoms with Crippen molar-refractivity contribution in [3.05, 3.63) is 58.0 Å². The summed E-state index contributed by atoms with van der Waals surface area (Å²) in [5.74, 6) is -0.118. The van der Waals surface area contributed by atoms with E-state index in [9.17, 15) is 22.8 Å². The van der Waals surface area contributed by atoms with Crippen LogP contribution in [0, 0.1) is 6.92 Å². The molecule has 1 aliphatic rings. The minimum Gasteiger partial charge on any atom is -0.490 e. The molecule has 0 bridgehead atoms. The maximum Gasteiger partial charge on any atom is 0.573 e. The first-order valence-corrected chi connectivity index (χ1v) is 9.12. The summed E-state index contributed by atoms with van der Waals surface area (Å²) >= 11 is 0. The molecule has 3 rings (SSSR count). The van der Waals surface area contributed by atoms with Crippen molar-refractivity contribution in [3.63, 3.8) is 0 Å². The molecule has 1 aliphatic heterocycles. The summed E-state index contributed by atoms with van der Waals surface area (Å²) in [4.78, 5) is 26.1. The summed E-state index contributed by atoms with van der Waals surface area (Å²) in [6.45, 7) is 2.73. The zero-order chi connectivity index (χ0) is 21.2. The second-order valence-electron chi connectivity index (χ2n) is 6.91. The van der Waals surface area contributed by atoms with Crippen LogP contribution in [0.1, 0.15) is 28.9 Å². The Bertz CT molecular complexity index is 930. The van der Waals surface area contributed by atoms with Crippen LogP contribution >= 0.6 is 0 Å². The molecule has 0 aliphatic carbocycles. The van der Waals surface area contributed by atoms with E-state index in [1.54, 1.807) is 18.0 Å². The van der Waals surface area contributed by atoms with Crippen molar-refractivity contribution in [2.75, 3.05) is 13.1 Å². The third kappa shape index (κ3) is 5.30. The van der Waals surface area contributed by atoms with Crippen LogP contribution in [0.5, 0.6) is 11.5 Å². The quantitative estimate of drug-likeness (QED) is 0.776. The van der Waals surface area contributed by atoms with Crippen LogP contribution in [0.2, 0.25) is 0 Å². The monoisotopic (exact) mass is 410 g/mol. The Labute approximate surface area is 165 Å². The average molecular weight is 410 g/mol. The number of hydrogen-bond donors (Lipinski definition) is 0. The van der Waals surface area contributed by atoms with Crippen molar-refractivity contribution in [2.24, 2.45) is 7.05 Å². The Morgan fingerprint density at radius 1 is 1.07 bits per heavy atom. The van der Waals surface area contributed by atoms with Crippen LogP contribution < -0.4 is 15.0 Å². The van der Waals surface area contributed by atoms with E-state index >= 15 is 0 Å². The lowest BCUT2D eigenvalue weighted by atomic mass is 10.1. The molecule has 2 heterocycles. The zero-order valence-electron chi connectivity index (χ0n) is 16.0. The minimum absolute atomic E-state index is 0.117. The maximum atomic E-state index is 12.6. The fourth-order valence-corrected chi connectivity index (χ4v) is 3.16. The van der Waals surface area contributed by atoms with Gasteiger partial charge in [-0.25, -0.2) is 0 Å². The highest BCUT2D eigenvalue weighted by Crippen LogP contribution is 2.24. The number of benzene rings is 1. The fourth-order valence-electron chi connectivity index (χ4n) is 3.16. The van der Waals surface area contributed by atoms with Crippen LogP contribution in [0.25, 0.3) is 0 Å². The molecule has 29 heavy (non-hydrogen) atoms. The number of ether oxygens (including phenoxy) is 2. The molecule has 1 fully saturated rings. The highest BCUT2D eigenvalue weighted by atomic mass is 19.4. The van der Waals surface area contributed by atoms with E-state index in [0.717, 1.165) is 17.8 Å². The molecule has 0 atom stereocenters. The summed E-state index contributed by atoms with van der Waals surface area (Å²) in [5, 5.41) is 0. The standard InChI is InChI=1S/C20H21F3N2O4/c1-13-11-17(12-18(26)24(13)2)28-15-7-9-25(10-8-15)19(27)14-3-5-16(6-4-14)29-20(21,22)23/h3-6,11-12,15H,7-10H2,1-2H3. The van der Waals surface area contributed by atoms with Gasteiger partial charge in [0, 0.05) is 50.3 Å². The molecular formula is C20H21F3N2O4. The van der Waals surface area contributed by atoms with Crippen molar-refractivity contribution in [1.82, 2.24) is 9.47 Å². The van der Waals surface area contributed by atoms with Crippen molar-refractivity contribution < 1.29 is 27.4 Å². The van der Waals surface area contributed by atoms with E-state index in [-0.39, 0.29) is 23.3 Å². The van der Waals surface area contributed by atoms with E-state index in [1.165, 1.54) is 22.8 Å². The SMILES string of the molecule is Cc1cc(OC2CCN(C(=O)c3ccc(OC(F)(F)F)cc3)CC2)cc(=O)n1C. The highest BCUT2D eigenvalue weighted by Gasteiger charge is 2.31. The smallest absolute Gasteiger partial charge is 0.490 e. The Hall–Kier alpha value is -2.97. The lowest BCUT2D eigenvalue weighted by Gasteiger charge is -2.32. The average Bonchev–Trinajstić information content (AvgIpc) is 2.65. The van der Waals surface area contributed by atoms with Crippen LogP contribution in [0.4, 0.5) is 13.2 Å². The predicted molar refractivity (Wildman–Crippen MR) is 99.1 cm³/mol. The number of likely N-dealkylation sites (tertiary alicyclic amines) is 1. The van der Waals surface area contributed by atoms with E-state index in [4.69, 9.17) is 4.74 Å². The predicted octanol–water partition coefficient (Wildman–Crippen LogP) is 3.28. The topological polar surface area (TPSA) is 60.8 Å². The molecule has 1 aromatic carbocycles. The zero-order valence-corrected chi connectivity index (χ0v) is 16.0. The molecular weight excluding hydrogens is 389 g/mol. The number of pyridine rings is 1. The van der Waals surface area contributed by atoms with Gasteiger partial charge in [0.1, 0.15) is 17.6 Å². The van der Waals surface area contributed by atoms with Crippen molar-refractivity contribution >= 4 is 5.91 Å². The summed E-state index contributed by atoms with van der Waals surface area (Å²) in [5.41, 5.74) is 0.935. The summed E-state index contributed by atoms with van der Waals surface area (Å²) in [6, 6.07) is 8.10. The van der Waals surface area contributed by atoms with E-state index in [1.807, 2.05) is 6.92 Å². The molecule has 1 aromatic heterocycles. The Morgan fingerprint density at radius 3 is 2.24 bits per heavy atom. The van der Waals surface area contributed by atoms with Gasteiger partial charge in [-0.2, -0.15) is 0 Å². The molecule has 6 nitrogen and oxygen atoms in total. The van der Waals surface area contributed by atoms with Gasteiger partial charge in [-0.15, -0.1) is 13.2 Å². The molecule has 0 saturated carbocycles. The largest absolute Gasteiger partial charge is 0.573 e. The van der Waals surface area contributed by atoms with Crippen molar-refractivity contribution in [1.29, 1.82) is 0 Å². The van der Waals surface area contributed by atoms with Crippen LogP contribution in [0.15, 0.2) is 41.2 Å². The van der Waals surface area contributed by atoms with Gasteiger partial charge >= 0.3 is 6.36 Å². The third-order valence-corrected chi connectivity index (χ3v) is 4.84. The maximum absolute atomic E-state index is 12.6. The first kappa shape index (κ1) is 20.8. The molecule has 156 valence electrons. The van der Waals surface area contributed by atoms with Crippen molar-refractivity contribution in [2.45, 2.75) is 32.2 Å². The van der Waals surface area contributed by atoms with E-state index in [2.05, 4.69) is 4.74 Å².